The number of aldehydes is 1. The summed E-state index contributed by atoms with van der Waals surface area (Å²) in [5, 5.41) is 3.06. The van der Waals surface area contributed by atoms with E-state index in [0.29, 0.717) is 29.9 Å². The minimum absolute atomic E-state index is 0.291. The highest BCUT2D eigenvalue weighted by atomic mass is 16.5. The zero-order chi connectivity index (χ0) is 16.1. The largest absolute Gasteiger partial charge is 0.494 e. The first-order valence-corrected chi connectivity index (χ1v) is 7.31. The van der Waals surface area contributed by atoms with Crippen LogP contribution in [0.5, 0.6) is 5.75 Å². The van der Waals surface area contributed by atoms with Crippen LogP contribution in [0, 0.1) is 0 Å². The SMILES string of the molecule is CCOc1ccc(N/C=C(\C=O)c2nc3ccccc3o2)cc1. The second-order valence-electron chi connectivity index (χ2n) is 4.81. The van der Waals surface area contributed by atoms with Crippen molar-refractivity contribution in [2.75, 3.05) is 11.9 Å². The number of allylic oxidation sites excluding steroid dienone is 1. The van der Waals surface area contributed by atoms with Gasteiger partial charge in [-0.25, -0.2) is 4.98 Å². The Morgan fingerprint density at radius 3 is 2.70 bits per heavy atom. The molecular formula is C18H16N2O3. The molecule has 5 nitrogen and oxygen atoms in total. The standard InChI is InChI=1S/C18H16N2O3/c1-2-22-15-9-7-14(8-10-15)19-11-13(12-21)18-20-16-5-3-4-6-17(16)23-18/h3-12,19H,2H2,1H3/b13-11+. The highest BCUT2D eigenvalue weighted by molar-refractivity contribution is 6.06. The maximum absolute atomic E-state index is 11.3. The van der Waals surface area contributed by atoms with E-state index in [9.17, 15) is 4.79 Å². The van der Waals surface area contributed by atoms with E-state index in [1.54, 1.807) is 6.20 Å². The zero-order valence-electron chi connectivity index (χ0n) is 12.7. The fraction of sp³-hybridized carbons (Fsp3) is 0.111. The van der Waals surface area contributed by atoms with Gasteiger partial charge in [0.1, 0.15) is 11.3 Å². The van der Waals surface area contributed by atoms with Gasteiger partial charge in [0.25, 0.3) is 0 Å². The molecule has 0 unspecified atom stereocenters. The summed E-state index contributed by atoms with van der Waals surface area (Å²) in [5.74, 6) is 1.09. The summed E-state index contributed by atoms with van der Waals surface area (Å²) < 4.78 is 11.0. The van der Waals surface area contributed by atoms with Gasteiger partial charge in [-0.2, -0.15) is 0 Å². The molecule has 1 N–H and O–H groups in total. The fourth-order valence-electron chi connectivity index (χ4n) is 2.12. The molecular weight excluding hydrogens is 292 g/mol. The number of hydrogen-bond acceptors (Lipinski definition) is 5. The van der Waals surface area contributed by atoms with Gasteiger partial charge in [0.2, 0.25) is 5.89 Å². The fourth-order valence-corrected chi connectivity index (χ4v) is 2.12. The summed E-state index contributed by atoms with van der Waals surface area (Å²) in [7, 11) is 0. The normalized spacial score (nSPS) is 11.4. The summed E-state index contributed by atoms with van der Waals surface area (Å²) in [5.41, 5.74) is 2.55. The molecule has 0 saturated carbocycles. The topological polar surface area (TPSA) is 64.4 Å². The van der Waals surface area contributed by atoms with Crippen LogP contribution in [0.1, 0.15) is 12.8 Å². The maximum atomic E-state index is 11.3. The maximum Gasteiger partial charge on any atom is 0.232 e. The molecule has 0 atom stereocenters. The number of nitrogens with one attached hydrogen (secondary N) is 1. The molecule has 2 aromatic carbocycles. The summed E-state index contributed by atoms with van der Waals surface area (Å²) in [6.07, 6.45) is 2.29. The molecule has 0 fully saturated rings. The van der Waals surface area contributed by atoms with Crippen LogP contribution >= 0.6 is 0 Å². The van der Waals surface area contributed by atoms with Crippen molar-refractivity contribution in [1.82, 2.24) is 4.98 Å². The van der Waals surface area contributed by atoms with Crippen LogP contribution in [-0.2, 0) is 4.79 Å². The number of para-hydroxylation sites is 2. The molecule has 0 bridgehead atoms. The van der Waals surface area contributed by atoms with E-state index < -0.39 is 0 Å². The molecule has 3 aromatic rings. The van der Waals surface area contributed by atoms with Gasteiger partial charge in [-0.15, -0.1) is 0 Å². The second-order valence-corrected chi connectivity index (χ2v) is 4.81. The number of fused-ring (bicyclic) bond motifs is 1. The first-order valence-electron chi connectivity index (χ1n) is 7.31. The number of benzene rings is 2. The van der Waals surface area contributed by atoms with Crippen LogP contribution in [0.4, 0.5) is 5.69 Å². The van der Waals surface area contributed by atoms with Crippen LogP contribution in [0.15, 0.2) is 59.1 Å². The summed E-state index contributed by atoms with van der Waals surface area (Å²) in [6.45, 7) is 2.56. The van der Waals surface area contributed by atoms with E-state index in [0.717, 1.165) is 17.0 Å². The van der Waals surface area contributed by atoms with Gasteiger partial charge in [-0.05, 0) is 43.3 Å². The van der Waals surface area contributed by atoms with Gasteiger partial charge >= 0.3 is 0 Å². The van der Waals surface area contributed by atoms with Gasteiger partial charge in [0, 0.05) is 11.9 Å². The number of aromatic nitrogens is 1. The van der Waals surface area contributed by atoms with Gasteiger partial charge in [-0.3, -0.25) is 4.79 Å². The Kier molecular flexibility index (Phi) is 4.38. The van der Waals surface area contributed by atoms with Crippen molar-refractivity contribution in [2.24, 2.45) is 0 Å². The van der Waals surface area contributed by atoms with E-state index in [1.807, 2.05) is 55.5 Å². The molecule has 0 aliphatic carbocycles. The van der Waals surface area contributed by atoms with E-state index in [4.69, 9.17) is 9.15 Å². The van der Waals surface area contributed by atoms with Gasteiger partial charge in [0.15, 0.2) is 11.9 Å². The molecule has 3 rings (SSSR count). The van der Waals surface area contributed by atoms with E-state index in [-0.39, 0.29) is 0 Å². The summed E-state index contributed by atoms with van der Waals surface area (Å²) in [4.78, 5) is 15.6. The monoisotopic (exact) mass is 308 g/mol. The highest BCUT2D eigenvalue weighted by Crippen LogP contribution is 2.20. The van der Waals surface area contributed by atoms with E-state index in [1.165, 1.54) is 0 Å². The molecule has 1 heterocycles. The third-order valence-electron chi connectivity index (χ3n) is 3.23. The summed E-state index contributed by atoms with van der Waals surface area (Å²) in [6, 6.07) is 14.8. The van der Waals surface area contributed by atoms with Crippen LogP contribution < -0.4 is 10.1 Å². The number of carbonyl (C=O) groups is 1. The highest BCUT2D eigenvalue weighted by Gasteiger charge is 2.09. The molecule has 0 spiro atoms. The third kappa shape index (κ3) is 3.40. The van der Waals surface area contributed by atoms with Crippen molar-refractivity contribution in [3.8, 4) is 5.75 Å². The average molecular weight is 308 g/mol. The van der Waals surface area contributed by atoms with Gasteiger partial charge in [-0.1, -0.05) is 12.1 Å². The second kappa shape index (κ2) is 6.79. The molecule has 0 aliphatic heterocycles. The van der Waals surface area contributed by atoms with Crippen LogP contribution in [0.25, 0.3) is 16.7 Å². The molecule has 0 aliphatic rings. The number of hydrogen-bond donors (Lipinski definition) is 1. The summed E-state index contributed by atoms with van der Waals surface area (Å²) >= 11 is 0. The van der Waals surface area contributed by atoms with Crippen LogP contribution in [0.2, 0.25) is 0 Å². The molecule has 23 heavy (non-hydrogen) atoms. The molecule has 0 amide bonds. The predicted octanol–water partition coefficient (Wildman–Crippen LogP) is 3.88. The number of oxazole rings is 1. The number of rotatable bonds is 6. The lowest BCUT2D eigenvalue weighted by molar-refractivity contribution is -0.103. The number of anilines is 1. The first-order chi connectivity index (χ1) is 11.3. The lowest BCUT2D eigenvalue weighted by Gasteiger charge is -2.05. The predicted molar refractivity (Wildman–Crippen MR) is 89.3 cm³/mol. The molecule has 0 radical (unpaired) electrons. The smallest absolute Gasteiger partial charge is 0.232 e. The molecule has 116 valence electrons. The Morgan fingerprint density at radius 2 is 2.00 bits per heavy atom. The Balaban J connectivity index is 1.79. The lowest BCUT2D eigenvalue weighted by Crippen LogP contribution is -1.94. The minimum Gasteiger partial charge on any atom is -0.494 e. The minimum atomic E-state index is 0.291. The van der Waals surface area contributed by atoms with Crippen molar-refractivity contribution >= 4 is 28.6 Å². The van der Waals surface area contributed by atoms with Crippen LogP contribution in [-0.4, -0.2) is 17.9 Å². The van der Waals surface area contributed by atoms with Crippen molar-refractivity contribution in [3.05, 3.63) is 60.6 Å². The Labute approximate surface area is 133 Å². The lowest BCUT2D eigenvalue weighted by atomic mass is 10.3. The Morgan fingerprint density at radius 1 is 1.22 bits per heavy atom. The quantitative estimate of drug-likeness (QED) is 0.553. The third-order valence-corrected chi connectivity index (χ3v) is 3.23. The molecule has 5 heteroatoms. The zero-order valence-corrected chi connectivity index (χ0v) is 12.7. The van der Waals surface area contributed by atoms with Crippen molar-refractivity contribution in [2.45, 2.75) is 6.92 Å². The molecule has 1 aromatic heterocycles. The van der Waals surface area contributed by atoms with E-state index in [2.05, 4.69) is 10.3 Å². The number of carbonyl (C=O) groups excluding carboxylic acids is 1. The number of ether oxygens (including phenoxy) is 1. The average Bonchev–Trinajstić information content (AvgIpc) is 3.01. The number of nitrogens with zero attached hydrogens (tertiary/aromatic N) is 1. The molecule has 0 saturated heterocycles. The van der Waals surface area contributed by atoms with Gasteiger partial charge < -0.3 is 14.5 Å². The van der Waals surface area contributed by atoms with Crippen molar-refractivity contribution in [1.29, 1.82) is 0 Å². The van der Waals surface area contributed by atoms with E-state index >= 15 is 0 Å². The van der Waals surface area contributed by atoms with Crippen LogP contribution in [0.3, 0.4) is 0 Å². The first kappa shape index (κ1) is 14.8. The Bertz CT molecular complexity index is 802. The van der Waals surface area contributed by atoms with Crippen molar-refractivity contribution < 1.29 is 13.9 Å². The Hall–Kier alpha value is -3.08. The van der Waals surface area contributed by atoms with Gasteiger partial charge in [0.05, 0.1) is 12.2 Å². The van der Waals surface area contributed by atoms with Crippen molar-refractivity contribution in [3.63, 3.8) is 0 Å².